The molecule has 1 aromatic carbocycles. The van der Waals surface area contributed by atoms with Crippen LogP contribution in [0.3, 0.4) is 0 Å². The topological polar surface area (TPSA) is 83.0 Å². The average molecular weight is 283 g/mol. The minimum atomic E-state index is -4.47. The van der Waals surface area contributed by atoms with Crippen molar-refractivity contribution in [3.05, 3.63) is 52.1 Å². The maximum absolute atomic E-state index is 12.7. The minimum Gasteiger partial charge on any atom is -0.260 e. The minimum absolute atomic E-state index is 0.0227. The second-order valence-electron chi connectivity index (χ2n) is 3.63. The Bertz CT molecular complexity index is 680. The molecule has 0 atom stereocenters. The Hall–Kier alpha value is -2.71. The summed E-state index contributed by atoms with van der Waals surface area (Å²) in [6, 6.07) is 4.98. The Balaban J connectivity index is 2.18. The predicted octanol–water partition coefficient (Wildman–Crippen LogP) is 1.63. The number of nitrogens with one attached hydrogen (secondary N) is 2. The summed E-state index contributed by atoms with van der Waals surface area (Å²) in [6.45, 7) is 0. The molecule has 0 aliphatic heterocycles. The van der Waals surface area contributed by atoms with E-state index in [2.05, 4.69) is 25.7 Å². The molecule has 2 N–H and O–H groups in total. The molecule has 0 bridgehead atoms. The highest BCUT2D eigenvalue weighted by atomic mass is 19.4. The van der Waals surface area contributed by atoms with Crippen molar-refractivity contribution in [1.29, 1.82) is 0 Å². The van der Waals surface area contributed by atoms with Crippen LogP contribution >= 0.6 is 0 Å². The molecular formula is C11H8F3N5O. The van der Waals surface area contributed by atoms with Crippen LogP contribution in [-0.2, 0) is 6.18 Å². The third-order valence-corrected chi connectivity index (χ3v) is 2.22. The maximum Gasteiger partial charge on any atom is 0.417 e. The number of anilines is 1. The molecule has 0 unspecified atom stereocenters. The lowest BCUT2D eigenvalue weighted by Crippen LogP contribution is -2.13. The van der Waals surface area contributed by atoms with Crippen molar-refractivity contribution in [2.24, 2.45) is 5.10 Å². The summed E-state index contributed by atoms with van der Waals surface area (Å²) in [4.78, 5) is 14.3. The molecule has 1 heterocycles. The first-order valence-electron chi connectivity index (χ1n) is 5.34. The van der Waals surface area contributed by atoms with Gasteiger partial charge in [-0.3, -0.25) is 5.43 Å². The monoisotopic (exact) mass is 283 g/mol. The highest BCUT2D eigenvalue weighted by Gasteiger charge is 2.32. The lowest BCUT2D eigenvalue weighted by atomic mass is 10.1. The molecule has 0 aliphatic carbocycles. The number of rotatable bonds is 3. The second kappa shape index (κ2) is 5.51. The molecule has 0 aliphatic rings. The lowest BCUT2D eigenvalue weighted by Gasteiger charge is -2.09. The van der Waals surface area contributed by atoms with Gasteiger partial charge < -0.3 is 0 Å². The maximum atomic E-state index is 12.7. The van der Waals surface area contributed by atoms with Gasteiger partial charge in [-0.05, 0) is 6.07 Å². The molecular weight excluding hydrogens is 275 g/mol. The highest BCUT2D eigenvalue weighted by Crippen LogP contribution is 2.31. The van der Waals surface area contributed by atoms with Crippen molar-refractivity contribution < 1.29 is 13.2 Å². The van der Waals surface area contributed by atoms with E-state index in [1.165, 1.54) is 24.4 Å². The van der Waals surface area contributed by atoms with E-state index < -0.39 is 17.4 Å². The van der Waals surface area contributed by atoms with Crippen molar-refractivity contribution in [2.45, 2.75) is 6.18 Å². The predicted molar refractivity (Wildman–Crippen MR) is 65.3 cm³/mol. The third-order valence-electron chi connectivity index (χ3n) is 2.22. The van der Waals surface area contributed by atoms with Gasteiger partial charge in [0.1, 0.15) is 0 Å². The van der Waals surface area contributed by atoms with Crippen LogP contribution in [0.25, 0.3) is 0 Å². The fourth-order valence-electron chi connectivity index (χ4n) is 1.40. The lowest BCUT2D eigenvalue weighted by molar-refractivity contribution is -0.137. The molecule has 9 heteroatoms. The number of hydrogen-bond donors (Lipinski definition) is 2. The summed E-state index contributed by atoms with van der Waals surface area (Å²) in [6.07, 6.45) is -2.30. The van der Waals surface area contributed by atoms with Gasteiger partial charge in [-0.1, -0.05) is 18.2 Å². The Morgan fingerprint density at radius 2 is 2.05 bits per heavy atom. The number of alkyl halides is 3. The quantitative estimate of drug-likeness (QED) is 0.662. The molecule has 104 valence electrons. The van der Waals surface area contributed by atoms with Crippen molar-refractivity contribution in [3.8, 4) is 0 Å². The largest absolute Gasteiger partial charge is 0.417 e. The van der Waals surface area contributed by atoms with Crippen molar-refractivity contribution >= 4 is 12.0 Å². The fraction of sp³-hybridized carbons (Fsp3) is 0.0909. The van der Waals surface area contributed by atoms with Gasteiger partial charge in [0, 0.05) is 5.56 Å². The number of aromatic amines is 1. The molecule has 2 aromatic rings. The number of nitrogens with zero attached hydrogens (tertiary/aromatic N) is 3. The smallest absolute Gasteiger partial charge is 0.260 e. The van der Waals surface area contributed by atoms with E-state index in [0.29, 0.717) is 0 Å². The molecule has 1 aromatic heterocycles. The summed E-state index contributed by atoms with van der Waals surface area (Å²) in [5, 5.41) is 9.10. The summed E-state index contributed by atoms with van der Waals surface area (Å²) in [7, 11) is 0. The van der Waals surface area contributed by atoms with Gasteiger partial charge in [-0.2, -0.15) is 28.4 Å². The second-order valence-corrected chi connectivity index (χ2v) is 3.63. The van der Waals surface area contributed by atoms with Crippen molar-refractivity contribution in [3.63, 3.8) is 0 Å². The molecule has 6 nitrogen and oxygen atoms in total. The van der Waals surface area contributed by atoms with Crippen LogP contribution in [0.15, 0.2) is 40.4 Å². The third kappa shape index (κ3) is 3.40. The summed E-state index contributed by atoms with van der Waals surface area (Å²) < 4.78 is 38.1. The van der Waals surface area contributed by atoms with Gasteiger partial charge >= 0.3 is 11.9 Å². The molecule has 0 saturated carbocycles. The van der Waals surface area contributed by atoms with Gasteiger partial charge in [0.2, 0.25) is 0 Å². The molecule has 0 spiro atoms. The Kier molecular flexibility index (Phi) is 3.78. The van der Waals surface area contributed by atoms with E-state index >= 15 is 0 Å². The summed E-state index contributed by atoms with van der Waals surface area (Å²) in [5.74, 6) is 0.0227. The van der Waals surface area contributed by atoms with Crippen LogP contribution in [0.2, 0.25) is 0 Å². The number of aromatic nitrogens is 3. The molecule has 2 rings (SSSR count). The standard InChI is InChI=1S/C11H8F3N5O/c12-11(13,14)8-4-2-1-3-7(8)5-15-18-9-6-16-19-10(20)17-9/h1-6H,(H2,17,18,19,20)/b15-5-. The summed E-state index contributed by atoms with van der Waals surface area (Å²) in [5.41, 5.74) is 0.718. The van der Waals surface area contributed by atoms with Gasteiger partial charge in [0.25, 0.3) is 0 Å². The Labute approximate surface area is 110 Å². The van der Waals surface area contributed by atoms with Gasteiger partial charge in [0.05, 0.1) is 18.0 Å². The zero-order chi connectivity index (χ0) is 14.6. The number of hydrogen-bond acceptors (Lipinski definition) is 5. The van der Waals surface area contributed by atoms with E-state index in [1.807, 2.05) is 0 Å². The van der Waals surface area contributed by atoms with E-state index in [1.54, 1.807) is 0 Å². The van der Waals surface area contributed by atoms with Gasteiger partial charge in [0.15, 0.2) is 5.82 Å². The molecule has 0 saturated heterocycles. The Morgan fingerprint density at radius 1 is 1.30 bits per heavy atom. The first kappa shape index (κ1) is 13.7. The number of hydrazone groups is 1. The van der Waals surface area contributed by atoms with E-state index in [4.69, 9.17) is 0 Å². The first-order chi connectivity index (χ1) is 9.47. The van der Waals surface area contributed by atoms with Crippen LogP contribution in [0.1, 0.15) is 11.1 Å². The SMILES string of the molecule is O=c1nc(N/N=C\c2ccccc2C(F)(F)F)cn[nH]1. The van der Waals surface area contributed by atoms with Crippen LogP contribution in [0.5, 0.6) is 0 Å². The van der Waals surface area contributed by atoms with E-state index in [0.717, 1.165) is 12.3 Å². The molecule has 0 fully saturated rings. The highest BCUT2D eigenvalue weighted by molar-refractivity contribution is 5.82. The number of benzene rings is 1. The normalized spacial score (nSPS) is 11.8. The Morgan fingerprint density at radius 3 is 2.75 bits per heavy atom. The number of H-pyrrole nitrogens is 1. The van der Waals surface area contributed by atoms with Crippen LogP contribution < -0.4 is 11.1 Å². The molecule has 20 heavy (non-hydrogen) atoms. The van der Waals surface area contributed by atoms with Crippen LogP contribution in [-0.4, -0.2) is 21.4 Å². The number of halogens is 3. The van der Waals surface area contributed by atoms with E-state index in [-0.39, 0.29) is 11.4 Å². The first-order valence-corrected chi connectivity index (χ1v) is 5.34. The van der Waals surface area contributed by atoms with Crippen molar-refractivity contribution in [2.75, 3.05) is 5.43 Å². The zero-order valence-electron chi connectivity index (χ0n) is 9.85. The van der Waals surface area contributed by atoms with Crippen LogP contribution in [0.4, 0.5) is 19.0 Å². The summed E-state index contributed by atoms with van der Waals surface area (Å²) >= 11 is 0. The average Bonchev–Trinajstić information content (AvgIpc) is 2.38. The molecule has 0 radical (unpaired) electrons. The van der Waals surface area contributed by atoms with Gasteiger partial charge in [-0.25, -0.2) is 9.89 Å². The van der Waals surface area contributed by atoms with Crippen LogP contribution in [0, 0.1) is 0 Å². The molecule has 0 amide bonds. The fourth-order valence-corrected chi connectivity index (χ4v) is 1.40. The van der Waals surface area contributed by atoms with E-state index in [9.17, 15) is 18.0 Å². The zero-order valence-corrected chi connectivity index (χ0v) is 9.85. The van der Waals surface area contributed by atoms with Gasteiger partial charge in [-0.15, -0.1) is 0 Å². The van der Waals surface area contributed by atoms with Crippen molar-refractivity contribution in [1.82, 2.24) is 15.2 Å².